The first-order valence-electron chi connectivity index (χ1n) is 5.97. The molecule has 18 heavy (non-hydrogen) atoms. The van der Waals surface area contributed by atoms with Gasteiger partial charge in [-0.3, -0.25) is 9.59 Å². The first kappa shape index (κ1) is 16.2. The van der Waals surface area contributed by atoms with Crippen LogP contribution in [0.2, 0.25) is 0 Å². The lowest BCUT2D eigenvalue weighted by Crippen LogP contribution is -2.50. The largest absolute Gasteiger partial charge is 0.481 e. The fraction of sp³-hybridized carbons (Fsp3) is 0.727. The minimum atomic E-state index is -0.984. The summed E-state index contributed by atoms with van der Waals surface area (Å²) in [5, 5.41) is 13.2. The summed E-state index contributed by atoms with van der Waals surface area (Å²) in [6.07, 6.45) is -0.147. The zero-order valence-electron chi connectivity index (χ0n) is 11.0. The monoisotopic (exact) mass is 259 g/mol. The Labute approximate surface area is 107 Å². The van der Waals surface area contributed by atoms with E-state index in [-0.39, 0.29) is 18.9 Å². The number of carbonyl (C=O) groups excluding carboxylic acids is 2. The van der Waals surface area contributed by atoms with Crippen molar-refractivity contribution in [3.63, 3.8) is 0 Å². The van der Waals surface area contributed by atoms with Crippen LogP contribution in [0.1, 0.15) is 27.2 Å². The summed E-state index contributed by atoms with van der Waals surface area (Å²) < 4.78 is 0. The van der Waals surface area contributed by atoms with E-state index in [1.807, 2.05) is 13.8 Å². The van der Waals surface area contributed by atoms with Crippen molar-refractivity contribution in [1.29, 1.82) is 0 Å². The number of amides is 3. The van der Waals surface area contributed by atoms with Gasteiger partial charge in [0.25, 0.3) is 0 Å². The van der Waals surface area contributed by atoms with Gasteiger partial charge in [0, 0.05) is 19.6 Å². The average Bonchev–Trinajstić information content (AvgIpc) is 2.29. The molecule has 0 aliphatic carbocycles. The predicted molar refractivity (Wildman–Crippen MR) is 66.2 cm³/mol. The van der Waals surface area contributed by atoms with Crippen LogP contribution in [0.25, 0.3) is 0 Å². The number of nitrogens with one attached hydrogen (secondary N) is 2. The van der Waals surface area contributed by atoms with Gasteiger partial charge in [0.05, 0.1) is 6.42 Å². The number of carbonyl (C=O) groups is 3. The van der Waals surface area contributed by atoms with Gasteiger partial charge >= 0.3 is 12.0 Å². The summed E-state index contributed by atoms with van der Waals surface area (Å²) in [5.41, 5.74) is 0. The van der Waals surface area contributed by atoms with Crippen molar-refractivity contribution in [3.05, 3.63) is 0 Å². The zero-order chi connectivity index (χ0) is 14.1. The normalized spacial score (nSPS) is 11.5. The number of hydrogen-bond donors (Lipinski definition) is 3. The number of carboxylic acids is 1. The van der Waals surface area contributed by atoms with Gasteiger partial charge in [-0.2, -0.15) is 0 Å². The standard InChI is InChI=1S/C11H21N3O4/c1-4-14(5-2)10(17)8(3)13-11(18)12-7-6-9(15)16/h8H,4-7H2,1-3H3,(H,15,16)(H2,12,13,18). The highest BCUT2D eigenvalue weighted by Crippen LogP contribution is 1.94. The summed E-state index contributed by atoms with van der Waals surface area (Å²) >= 11 is 0. The van der Waals surface area contributed by atoms with E-state index in [2.05, 4.69) is 10.6 Å². The van der Waals surface area contributed by atoms with E-state index >= 15 is 0 Å². The molecule has 1 unspecified atom stereocenters. The van der Waals surface area contributed by atoms with Crippen molar-refractivity contribution in [2.45, 2.75) is 33.2 Å². The maximum absolute atomic E-state index is 11.8. The Balaban J connectivity index is 4.06. The number of carboxylic acid groups (broad SMARTS) is 1. The second kappa shape index (κ2) is 8.32. The van der Waals surface area contributed by atoms with Gasteiger partial charge in [-0.25, -0.2) is 4.79 Å². The van der Waals surface area contributed by atoms with Crippen molar-refractivity contribution in [3.8, 4) is 0 Å². The number of urea groups is 1. The van der Waals surface area contributed by atoms with Gasteiger partial charge in [0.2, 0.25) is 5.91 Å². The highest BCUT2D eigenvalue weighted by Gasteiger charge is 2.19. The summed E-state index contributed by atoms with van der Waals surface area (Å²) in [4.78, 5) is 35.0. The Morgan fingerprint density at radius 2 is 1.78 bits per heavy atom. The molecule has 7 nitrogen and oxygen atoms in total. The Hall–Kier alpha value is -1.79. The molecular weight excluding hydrogens is 238 g/mol. The second-order valence-corrected chi connectivity index (χ2v) is 3.78. The number of likely N-dealkylation sites (N-methyl/N-ethyl adjacent to an activating group) is 1. The van der Waals surface area contributed by atoms with Gasteiger partial charge < -0.3 is 20.6 Å². The van der Waals surface area contributed by atoms with Crippen LogP contribution < -0.4 is 10.6 Å². The van der Waals surface area contributed by atoms with E-state index < -0.39 is 18.0 Å². The van der Waals surface area contributed by atoms with Crippen LogP contribution in [-0.2, 0) is 9.59 Å². The van der Waals surface area contributed by atoms with Gasteiger partial charge in [0.1, 0.15) is 6.04 Å². The molecule has 0 heterocycles. The minimum Gasteiger partial charge on any atom is -0.481 e. The lowest BCUT2D eigenvalue weighted by Gasteiger charge is -2.23. The van der Waals surface area contributed by atoms with Crippen molar-refractivity contribution in [1.82, 2.24) is 15.5 Å². The molecule has 0 aliphatic heterocycles. The molecule has 104 valence electrons. The Bertz CT molecular complexity index is 303. The molecule has 0 rings (SSSR count). The molecule has 0 bridgehead atoms. The molecule has 0 aromatic rings. The average molecular weight is 259 g/mol. The molecule has 7 heteroatoms. The molecule has 0 aromatic heterocycles. The van der Waals surface area contributed by atoms with Crippen LogP contribution in [0.4, 0.5) is 4.79 Å². The molecule has 0 spiro atoms. The van der Waals surface area contributed by atoms with E-state index in [9.17, 15) is 14.4 Å². The Kier molecular flexibility index (Phi) is 7.50. The molecular formula is C11H21N3O4. The molecule has 0 saturated heterocycles. The van der Waals surface area contributed by atoms with Crippen LogP contribution in [-0.4, -0.2) is 53.6 Å². The molecule has 0 saturated carbocycles. The maximum atomic E-state index is 11.8. The molecule has 0 fully saturated rings. The van der Waals surface area contributed by atoms with E-state index in [1.165, 1.54) is 0 Å². The quantitative estimate of drug-likeness (QED) is 0.600. The second-order valence-electron chi connectivity index (χ2n) is 3.78. The minimum absolute atomic E-state index is 0.0351. The third kappa shape index (κ3) is 6.07. The first-order chi connectivity index (χ1) is 8.42. The lowest BCUT2D eigenvalue weighted by atomic mass is 10.3. The summed E-state index contributed by atoms with van der Waals surface area (Å²) in [6.45, 7) is 6.52. The Morgan fingerprint density at radius 3 is 2.22 bits per heavy atom. The highest BCUT2D eigenvalue weighted by atomic mass is 16.4. The number of hydrogen-bond acceptors (Lipinski definition) is 3. The fourth-order valence-corrected chi connectivity index (χ4v) is 1.40. The smallest absolute Gasteiger partial charge is 0.315 e. The maximum Gasteiger partial charge on any atom is 0.315 e. The molecule has 3 N–H and O–H groups in total. The third-order valence-corrected chi connectivity index (χ3v) is 2.42. The molecule has 1 atom stereocenters. The summed E-state index contributed by atoms with van der Waals surface area (Å²) in [6, 6.07) is -1.17. The van der Waals surface area contributed by atoms with Crippen LogP contribution in [0, 0.1) is 0 Å². The SMILES string of the molecule is CCN(CC)C(=O)C(C)NC(=O)NCCC(=O)O. The number of rotatable bonds is 7. The topological polar surface area (TPSA) is 98.7 Å². The Morgan fingerprint density at radius 1 is 1.22 bits per heavy atom. The van der Waals surface area contributed by atoms with E-state index in [0.29, 0.717) is 13.1 Å². The summed E-state index contributed by atoms with van der Waals surface area (Å²) in [7, 11) is 0. The van der Waals surface area contributed by atoms with E-state index in [0.717, 1.165) is 0 Å². The first-order valence-corrected chi connectivity index (χ1v) is 5.97. The van der Waals surface area contributed by atoms with Crippen LogP contribution in [0.15, 0.2) is 0 Å². The molecule has 0 aliphatic rings. The molecule has 0 radical (unpaired) electrons. The van der Waals surface area contributed by atoms with Gasteiger partial charge in [-0.05, 0) is 20.8 Å². The number of nitrogens with zero attached hydrogens (tertiary/aromatic N) is 1. The predicted octanol–water partition coefficient (Wildman–Crippen LogP) is 0.0172. The van der Waals surface area contributed by atoms with Crippen LogP contribution in [0.3, 0.4) is 0 Å². The van der Waals surface area contributed by atoms with E-state index in [4.69, 9.17) is 5.11 Å². The van der Waals surface area contributed by atoms with Crippen molar-refractivity contribution in [2.75, 3.05) is 19.6 Å². The van der Waals surface area contributed by atoms with Crippen molar-refractivity contribution < 1.29 is 19.5 Å². The van der Waals surface area contributed by atoms with E-state index in [1.54, 1.807) is 11.8 Å². The third-order valence-electron chi connectivity index (χ3n) is 2.42. The van der Waals surface area contributed by atoms with Gasteiger partial charge in [-0.15, -0.1) is 0 Å². The van der Waals surface area contributed by atoms with Gasteiger partial charge in [-0.1, -0.05) is 0 Å². The van der Waals surface area contributed by atoms with Gasteiger partial charge in [0.15, 0.2) is 0 Å². The molecule has 0 aromatic carbocycles. The fourth-order valence-electron chi connectivity index (χ4n) is 1.40. The van der Waals surface area contributed by atoms with Crippen LogP contribution >= 0.6 is 0 Å². The molecule has 3 amide bonds. The van der Waals surface area contributed by atoms with Crippen molar-refractivity contribution >= 4 is 17.9 Å². The van der Waals surface area contributed by atoms with Crippen molar-refractivity contribution in [2.24, 2.45) is 0 Å². The lowest BCUT2D eigenvalue weighted by molar-refractivity contribution is -0.137. The summed E-state index contributed by atoms with van der Waals surface area (Å²) in [5.74, 6) is -1.14. The number of aliphatic carboxylic acids is 1. The zero-order valence-corrected chi connectivity index (χ0v) is 11.0. The highest BCUT2D eigenvalue weighted by molar-refractivity contribution is 5.86. The van der Waals surface area contributed by atoms with Crippen LogP contribution in [0.5, 0.6) is 0 Å².